The van der Waals surface area contributed by atoms with Crippen LogP contribution in [0.1, 0.15) is 46.8 Å². The van der Waals surface area contributed by atoms with Gasteiger partial charge in [-0.1, -0.05) is 6.92 Å². The van der Waals surface area contributed by atoms with Crippen LogP contribution in [0.4, 0.5) is 5.82 Å². The van der Waals surface area contributed by atoms with E-state index in [2.05, 4.69) is 53.3 Å². The molecule has 0 spiro atoms. The number of carbonyl (C=O) groups is 1. The van der Waals surface area contributed by atoms with Crippen molar-refractivity contribution in [2.24, 2.45) is 5.41 Å². The van der Waals surface area contributed by atoms with Crippen molar-refractivity contribution < 1.29 is 9.53 Å². The van der Waals surface area contributed by atoms with Gasteiger partial charge in [0.15, 0.2) is 11.6 Å². The molecule has 35 heavy (non-hydrogen) atoms. The van der Waals surface area contributed by atoms with E-state index in [4.69, 9.17) is 15.5 Å². The quantitative estimate of drug-likeness (QED) is 0.584. The Labute approximate surface area is 205 Å². The highest BCUT2D eigenvalue weighted by Crippen LogP contribution is 2.30. The van der Waals surface area contributed by atoms with Crippen LogP contribution in [0.3, 0.4) is 0 Å². The Kier molecular flexibility index (Phi) is 6.29. The summed E-state index contributed by atoms with van der Waals surface area (Å²) in [6.45, 7) is 8.40. The Bertz CT molecular complexity index is 1250. The molecule has 2 aromatic heterocycles. The Balaban J connectivity index is 1.37. The molecule has 9 nitrogen and oxygen atoms in total. The van der Waals surface area contributed by atoms with E-state index in [1.807, 2.05) is 0 Å². The molecule has 2 aliphatic heterocycles. The van der Waals surface area contributed by atoms with Gasteiger partial charge < -0.3 is 20.7 Å². The highest BCUT2D eigenvalue weighted by molar-refractivity contribution is 5.93. The van der Waals surface area contributed by atoms with Crippen LogP contribution in [0, 0.1) is 12.3 Å². The number of aryl methyl sites for hydroxylation is 1. The van der Waals surface area contributed by atoms with Crippen molar-refractivity contribution in [1.82, 2.24) is 30.0 Å². The average molecular weight is 476 g/mol. The van der Waals surface area contributed by atoms with Crippen molar-refractivity contribution in [2.75, 3.05) is 39.1 Å². The molecule has 0 unspecified atom stereocenters. The predicted octanol–water partition coefficient (Wildman–Crippen LogP) is 2.75. The first-order valence-corrected chi connectivity index (χ1v) is 12.2. The van der Waals surface area contributed by atoms with Crippen LogP contribution in [-0.2, 0) is 17.7 Å². The number of anilines is 1. The number of ether oxygens (including phenoxy) is 1. The third-order valence-corrected chi connectivity index (χ3v) is 7.26. The molecule has 1 amide bonds. The molecule has 9 heteroatoms. The van der Waals surface area contributed by atoms with Crippen LogP contribution in [0.15, 0.2) is 30.7 Å². The summed E-state index contributed by atoms with van der Waals surface area (Å²) >= 11 is 0. The maximum absolute atomic E-state index is 12.8. The minimum absolute atomic E-state index is 0.0515. The first-order valence-electron chi connectivity index (χ1n) is 12.2. The number of carbonyl (C=O) groups excluding carboxylic acids is 1. The summed E-state index contributed by atoms with van der Waals surface area (Å²) in [5.74, 6) is 0.499. The molecule has 1 saturated heterocycles. The van der Waals surface area contributed by atoms with Crippen LogP contribution in [0.2, 0.25) is 0 Å². The van der Waals surface area contributed by atoms with Gasteiger partial charge in [-0.15, -0.1) is 0 Å². The molecule has 184 valence electrons. The second kappa shape index (κ2) is 9.39. The fourth-order valence-corrected chi connectivity index (χ4v) is 4.90. The van der Waals surface area contributed by atoms with E-state index < -0.39 is 0 Å². The summed E-state index contributed by atoms with van der Waals surface area (Å²) in [5.41, 5.74) is 12.4. The van der Waals surface area contributed by atoms with Crippen LogP contribution < -0.4 is 11.1 Å². The van der Waals surface area contributed by atoms with Crippen LogP contribution >= 0.6 is 0 Å². The highest BCUT2D eigenvalue weighted by atomic mass is 16.5. The lowest BCUT2D eigenvalue weighted by molar-refractivity contribution is 0.0238. The van der Waals surface area contributed by atoms with Gasteiger partial charge in [0, 0.05) is 44.6 Å². The van der Waals surface area contributed by atoms with Crippen LogP contribution in [-0.4, -0.2) is 63.9 Å². The highest BCUT2D eigenvalue weighted by Gasteiger charge is 2.28. The minimum atomic E-state index is -0.166. The standard InChI is InChI=1S/C26H33N7O2/c1-17-10-18(11-19-14-32(3)7-4-21(17)19)22-13-28-23(27)24(31-22)33-15-20(12-30-33)25(34)29-16-26(2)5-8-35-9-6-26/h10-13,15H,4-9,14,16H2,1-3H3,(H2,27,28)(H,29,34). The van der Waals surface area contributed by atoms with Crippen LogP contribution in [0.5, 0.6) is 0 Å². The molecule has 0 bridgehead atoms. The van der Waals surface area contributed by atoms with Gasteiger partial charge in [-0.2, -0.15) is 5.10 Å². The Morgan fingerprint density at radius 1 is 1.26 bits per heavy atom. The first-order chi connectivity index (χ1) is 16.8. The summed E-state index contributed by atoms with van der Waals surface area (Å²) in [5, 5.41) is 7.41. The van der Waals surface area contributed by atoms with Gasteiger partial charge >= 0.3 is 0 Å². The fourth-order valence-electron chi connectivity index (χ4n) is 4.90. The van der Waals surface area contributed by atoms with E-state index in [1.165, 1.54) is 27.6 Å². The number of amides is 1. The van der Waals surface area contributed by atoms with Gasteiger partial charge in [0.1, 0.15) is 0 Å². The molecule has 0 radical (unpaired) electrons. The minimum Gasteiger partial charge on any atom is -0.381 e. The molecule has 3 aromatic rings. The van der Waals surface area contributed by atoms with E-state index in [1.54, 1.807) is 12.4 Å². The van der Waals surface area contributed by atoms with Crippen molar-refractivity contribution in [3.05, 3.63) is 53.0 Å². The van der Waals surface area contributed by atoms with Gasteiger partial charge in [-0.05, 0) is 67.5 Å². The van der Waals surface area contributed by atoms with Crippen molar-refractivity contribution in [1.29, 1.82) is 0 Å². The fraction of sp³-hybridized carbons (Fsp3) is 0.462. The average Bonchev–Trinajstić information content (AvgIpc) is 3.33. The second-order valence-corrected chi connectivity index (χ2v) is 10.2. The summed E-state index contributed by atoms with van der Waals surface area (Å²) in [7, 11) is 2.14. The number of likely N-dealkylation sites (N-methyl/N-ethyl adjacent to an activating group) is 1. The number of benzene rings is 1. The number of rotatable bonds is 5. The SMILES string of the molecule is Cc1cc(-c2cnc(N)c(-n3cc(C(=O)NCC4(C)CCOCC4)cn3)n2)cc2c1CCN(C)C2. The number of nitrogens with one attached hydrogen (secondary N) is 1. The topological polar surface area (TPSA) is 111 Å². The van der Waals surface area contributed by atoms with Gasteiger partial charge in [0.2, 0.25) is 0 Å². The Morgan fingerprint density at radius 3 is 2.86 bits per heavy atom. The summed E-state index contributed by atoms with van der Waals surface area (Å²) in [4.78, 5) is 24.3. The molecule has 5 rings (SSSR count). The van der Waals surface area contributed by atoms with Crippen molar-refractivity contribution in [3.8, 4) is 17.1 Å². The molecule has 4 heterocycles. The second-order valence-electron chi connectivity index (χ2n) is 10.2. The smallest absolute Gasteiger partial charge is 0.254 e. The zero-order chi connectivity index (χ0) is 24.6. The number of hydrogen-bond donors (Lipinski definition) is 2. The number of nitrogens with two attached hydrogens (primary N) is 1. The third kappa shape index (κ3) is 4.92. The predicted molar refractivity (Wildman–Crippen MR) is 134 cm³/mol. The largest absolute Gasteiger partial charge is 0.381 e. The van der Waals surface area contributed by atoms with E-state index in [0.29, 0.717) is 17.9 Å². The van der Waals surface area contributed by atoms with E-state index in [-0.39, 0.29) is 17.1 Å². The first kappa shape index (κ1) is 23.4. The monoisotopic (exact) mass is 475 g/mol. The molecule has 0 atom stereocenters. The summed E-state index contributed by atoms with van der Waals surface area (Å²) < 4.78 is 6.97. The molecule has 2 aliphatic rings. The van der Waals surface area contributed by atoms with Crippen molar-refractivity contribution in [2.45, 2.75) is 39.7 Å². The van der Waals surface area contributed by atoms with Crippen molar-refractivity contribution >= 4 is 11.7 Å². The van der Waals surface area contributed by atoms with E-state index in [0.717, 1.165) is 56.8 Å². The number of fused-ring (bicyclic) bond motifs is 1. The molecular weight excluding hydrogens is 442 g/mol. The lowest BCUT2D eigenvalue weighted by atomic mass is 9.82. The molecule has 1 aromatic carbocycles. The zero-order valence-corrected chi connectivity index (χ0v) is 20.7. The van der Waals surface area contributed by atoms with Gasteiger partial charge in [0.05, 0.1) is 23.7 Å². The Morgan fingerprint density at radius 2 is 2.06 bits per heavy atom. The molecule has 1 fully saturated rings. The lowest BCUT2D eigenvalue weighted by Crippen LogP contribution is -2.39. The van der Waals surface area contributed by atoms with Gasteiger partial charge in [-0.3, -0.25) is 4.79 Å². The van der Waals surface area contributed by atoms with Crippen molar-refractivity contribution in [3.63, 3.8) is 0 Å². The zero-order valence-electron chi connectivity index (χ0n) is 20.7. The third-order valence-electron chi connectivity index (χ3n) is 7.26. The maximum atomic E-state index is 12.8. The number of hydrogen-bond acceptors (Lipinski definition) is 7. The molecule has 0 saturated carbocycles. The Hall–Kier alpha value is -3.30. The van der Waals surface area contributed by atoms with Gasteiger partial charge in [-0.25, -0.2) is 14.6 Å². The molecular formula is C26H33N7O2. The normalized spacial score (nSPS) is 17.7. The maximum Gasteiger partial charge on any atom is 0.254 e. The summed E-state index contributed by atoms with van der Waals surface area (Å²) in [6.07, 6.45) is 7.81. The van der Waals surface area contributed by atoms with Gasteiger partial charge in [0.25, 0.3) is 5.91 Å². The molecule has 3 N–H and O–H groups in total. The van der Waals surface area contributed by atoms with E-state index >= 15 is 0 Å². The van der Waals surface area contributed by atoms with E-state index in [9.17, 15) is 4.79 Å². The van der Waals surface area contributed by atoms with Crippen LogP contribution in [0.25, 0.3) is 17.1 Å². The molecule has 0 aliphatic carbocycles. The number of aromatic nitrogens is 4. The summed E-state index contributed by atoms with van der Waals surface area (Å²) in [6, 6.07) is 4.35. The lowest BCUT2D eigenvalue weighted by Gasteiger charge is -2.33. The number of nitrogen functional groups attached to an aromatic ring is 1. The number of nitrogens with zero attached hydrogens (tertiary/aromatic N) is 5.